The highest BCUT2D eigenvalue weighted by Crippen LogP contribution is 2.08. The molecular weight excluding hydrogens is 270 g/mol. The molecule has 2 rings (SSSR count). The SMILES string of the molecule is NCC(=O)NCc1cn(CCCOc2ccccc2)nn1. The summed E-state index contributed by atoms with van der Waals surface area (Å²) in [6.07, 6.45) is 2.63. The van der Waals surface area contributed by atoms with Gasteiger partial charge in [0.25, 0.3) is 0 Å². The molecule has 1 aromatic heterocycles. The molecule has 0 radical (unpaired) electrons. The fraction of sp³-hybridized carbons (Fsp3) is 0.357. The van der Waals surface area contributed by atoms with Crippen molar-refractivity contribution in [3.05, 3.63) is 42.2 Å². The number of aryl methyl sites for hydroxylation is 1. The second kappa shape index (κ2) is 8.01. The maximum absolute atomic E-state index is 11.0. The largest absolute Gasteiger partial charge is 0.494 e. The summed E-state index contributed by atoms with van der Waals surface area (Å²) in [7, 11) is 0. The van der Waals surface area contributed by atoms with Crippen LogP contribution in [0.2, 0.25) is 0 Å². The number of rotatable bonds is 8. The zero-order valence-corrected chi connectivity index (χ0v) is 11.7. The zero-order chi connectivity index (χ0) is 14.9. The third kappa shape index (κ3) is 5.23. The number of nitrogens with two attached hydrogens (primary N) is 1. The van der Waals surface area contributed by atoms with E-state index in [2.05, 4.69) is 15.6 Å². The summed E-state index contributed by atoms with van der Waals surface area (Å²) >= 11 is 0. The molecule has 7 heteroatoms. The fourth-order valence-corrected chi connectivity index (χ4v) is 1.72. The van der Waals surface area contributed by atoms with Crippen molar-refractivity contribution in [2.45, 2.75) is 19.5 Å². The highest BCUT2D eigenvalue weighted by atomic mass is 16.5. The maximum Gasteiger partial charge on any atom is 0.234 e. The zero-order valence-electron chi connectivity index (χ0n) is 11.7. The van der Waals surface area contributed by atoms with Gasteiger partial charge in [0, 0.05) is 13.0 Å². The minimum absolute atomic E-state index is 0.0229. The van der Waals surface area contributed by atoms with Crippen molar-refractivity contribution in [3.8, 4) is 5.75 Å². The highest BCUT2D eigenvalue weighted by molar-refractivity contribution is 5.77. The molecule has 0 aliphatic rings. The molecule has 1 heterocycles. The molecule has 0 saturated carbocycles. The standard InChI is InChI=1S/C14H19N5O2/c15-9-14(20)16-10-12-11-19(18-17-12)7-4-8-21-13-5-2-1-3-6-13/h1-3,5-6,11H,4,7-10,15H2,(H,16,20). The van der Waals surface area contributed by atoms with Crippen LogP contribution in [0.15, 0.2) is 36.5 Å². The van der Waals surface area contributed by atoms with Crippen LogP contribution in [0, 0.1) is 0 Å². The van der Waals surface area contributed by atoms with E-state index in [1.807, 2.05) is 30.3 Å². The molecule has 0 unspecified atom stereocenters. The number of hydrogen-bond donors (Lipinski definition) is 2. The van der Waals surface area contributed by atoms with E-state index in [9.17, 15) is 4.79 Å². The number of para-hydroxylation sites is 1. The minimum atomic E-state index is -0.208. The van der Waals surface area contributed by atoms with Crippen molar-refractivity contribution >= 4 is 5.91 Å². The van der Waals surface area contributed by atoms with Crippen molar-refractivity contribution in [1.82, 2.24) is 20.3 Å². The molecule has 0 atom stereocenters. The molecule has 0 bridgehead atoms. The van der Waals surface area contributed by atoms with Crippen LogP contribution in [0.3, 0.4) is 0 Å². The van der Waals surface area contributed by atoms with Crippen LogP contribution < -0.4 is 15.8 Å². The molecular formula is C14H19N5O2. The molecule has 2 aromatic rings. The number of nitrogens with one attached hydrogen (secondary N) is 1. The number of nitrogens with zero attached hydrogens (tertiary/aromatic N) is 3. The third-order valence-electron chi connectivity index (χ3n) is 2.78. The molecule has 0 aliphatic carbocycles. The van der Waals surface area contributed by atoms with Gasteiger partial charge < -0.3 is 15.8 Å². The van der Waals surface area contributed by atoms with Crippen LogP contribution in [-0.2, 0) is 17.9 Å². The lowest BCUT2D eigenvalue weighted by molar-refractivity contribution is -0.119. The van der Waals surface area contributed by atoms with Gasteiger partial charge in [-0.2, -0.15) is 0 Å². The van der Waals surface area contributed by atoms with Crippen LogP contribution in [-0.4, -0.2) is 34.1 Å². The average Bonchev–Trinajstić information content (AvgIpc) is 2.98. The predicted molar refractivity (Wildman–Crippen MR) is 77.5 cm³/mol. The Morgan fingerprint density at radius 2 is 2.14 bits per heavy atom. The van der Waals surface area contributed by atoms with Gasteiger partial charge in [-0.1, -0.05) is 23.4 Å². The molecule has 3 N–H and O–H groups in total. The van der Waals surface area contributed by atoms with E-state index in [1.165, 1.54) is 0 Å². The highest BCUT2D eigenvalue weighted by Gasteiger charge is 2.03. The van der Waals surface area contributed by atoms with E-state index in [4.69, 9.17) is 10.5 Å². The van der Waals surface area contributed by atoms with Crippen molar-refractivity contribution in [3.63, 3.8) is 0 Å². The summed E-state index contributed by atoms with van der Waals surface area (Å²) in [4.78, 5) is 11.0. The third-order valence-corrected chi connectivity index (χ3v) is 2.78. The molecule has 7 nitrogen and oxygen atoms in total. The predicted octanol–water partition coefficient (Wildman–Crippen LogP) is 0.322. The number of aromatic nitrogens is 3. The Labute approximate surface area is 123 Å². The monoisotopic (exact) mass is 289 g/mol. The first-order chi connectivity index (χ1) is 10.3. The Kier molecular flexibility index (Phi) is 5.71. The van der Waals surface area contributed by atoms with Crippen LogP contribution >= 0.6 is 0 Å². The lowest BCUT2D eigenvalue weighted by atomic mass is 10.3. The number of ether oxygens (including phenoxy) is 1. The van der Waals surface area contributed by atoms with Gasteiger partial charge >= 0.3 is 0 Å². The number of carbonyl (C=O) groups is 1. The summed E-state index contributed by atoms with van der Waals surface area (Å²) in [5.74, 6) is 0.655. The molecule has 21 heavy (non-hydrogen) atoms. The molecule has 0 saturated heterocycles. The Hall–Kier alpha value is -2.41. The van der Waals surface area contributed by atoms with E-state index in [-0.39, 0.29) is 12.5 Å². The number of hydrogen-bond acceptors (Lipinski definition) is 5. The first kappa shape index (κ1) is 15.0. The Morgan fingerprint density at radius 1 is 1.33 bits per heavy atom. The lowest BCUT2D eigenvalue weighted by Crippen LogP contribution is -2.29. The first-order valence-corrected chi connectivity index (χ1v) is 6.81. The van der Waals surface area contributed by atoms with Crippen molar-refractivity contribution in [2.24, 2.45) is 5.73 Å². The molecule has 1 amide bonds. The summed E-state index contributed by atoms with van der Waals surface area (Å²) in [5, 5.41) is 10.6. The minimum Gasteiger partial charge on any atom is -0.494 e. The number of carbonyl (C=O) groups excluding carboxylic acids is 1. The summed E-state index contributed by atoms with van der Waals surface area (Å²) in [6, 6.07) is 9.68. The van der Waals surface area contributed by atoms with Gasteiger partial charge in [0.15, 0.2) is 0 Å². The van der Waals surface area contributed by atoms with Gasteiger partial charge in [0.2, 0.25) is 5.91 Å². The van der Waals surface area contributed by atoms with Crippen molar-refractivity contribution in [1.29, 1.82) is 0 Å². The van der Waals surface area contributed by atoms with Crippen LogP contribution in [0.5, 0.6) is 5.75 Å². The quantitative estimate of drug-likeness (QED) is 0.683. The van der Waals surface area contributed by atoms with Crippen molar-refractivity contribution < 1.29 is 9.53 Å². The first-order valence-electron chi connectivity index (χ1n) is 6.81. The van der Waals surface area contributed by atoms with Crippen LogP contribution in [0.4, 0.5) is 0 Å². The lowest BCUT2D eigenvalue weighted by Gasteiger charge is -2.05. The second-order valence-electron chi connectivity index (χ2n) is 4.47. The number of benzene rings is 1. The topological polar surface area (TPSA) is 95.1 Å². The summed E-state index contributed by atoms with van der Waals surface area (Å²) < 4.78 is 7.33. The van der Waals surface area contributed by atoms with Gasteiger partial charge in [-0.05, 0) is 12.1 Å². The van der Waals surface area contributed by atoms with Gasteiger partial charge in [-0.25, -0.2) is 0 Å². The molecule has 112 valence electrons. The Balaban J connectivity index is 1.67. The van der Waals surface area contributed by atoms with Gasteiger partial charge in [0.05, 0.1) is 25.9 Å². The number of amides is 1. The fourth-order valence-electron chi connectivity index (χ4n) is 1.72. The van der Waals surface area contributed by atoms with Gasteiger partial charge in [0.1, 0.15) is 11.4 Å². The van der Waals surface area contributed by atoms with Crippen LogP contribution in [0.1, 0.15) is 12.1 Å². The molecule has 0 fully saturated rings. The van der Waals surface area contributed by atoms with E-state index >= 15 is 0 Å². The normalized spacial score (nSPS) is 10.3. The molecule has 1 aromatic carbocycles. The molecule has 0 spiro atoms. The smallest absolute Gasteiger partial charge is 0.234 e. The van der Waals surface area contributed by atoms with Gasteiger partial charge in [-0.15, -0.1) is 5.10 Å². The summed E-state index contributed by atoms with van der Waals surface area (Å²) in [6.45, 7) is 1.65. The van der Waals surface area contributed by atoms with Crippen LogP contribution in [0.25, 0.3) is 0 Å². The maximum atomic E-state index is 11.0. The van der Waals surface area contributed by atoms with E-state index in [0.29, 0.717) is 25.4 Å². The Bertz CT molecular complexity index is 556. The summed E-state index contributed by atoms with van der Waals surface area (Å²) in [5.41, 5.74) is 5.91. The second-order valence-corrected chi connectivity index (χ2v) is 4.47. The molecule has 0 aliphatic heterocycles. The Morgan fingerprint density at radius 3 is 2.90 bits per heavy atom. The van der Waals surface area contributed by atoms with Crippen molar-refractivity contribution in [2.75, 3.05) is 13.2 Å². The van der Waals surface area contributed by atoms with E-state index in [0.717, 1.165) is 12.2 Å². The van der Waals surface area contributed by atoms with Gasteiger partial charge in [-0.3, -0.25) is 9.48 Å². The average molecular weight is 289 g/mol. The van der Waals surface area contributed by atoms with E-state index in [1.54, 1.807) is 10.9 Å². The van der Waals surface area contributed by atoms with E-state index < -0.39 is 0 Å².